The molecule has 4 rings (SSSR count). The van der Waals surface area contributed by atoms with Gasteiger partial charge in [-0.2, -0.15) is 0 Å². The number of amides is 1. The molecular weight excluding hydrogens is 370 g/mol. The zero-order valence-electron chi connectivity index (χ0n) is 15.6. The van der Waals surface area contributed by atoms with Crippen LogP contribution in [0.1, 0.15) is 49.7 Å². The molecule has 1 atom stereocenters. The van der Waals surface area contributed by atoms with Gasteiger partial charge in [0, 0.05) is 23.4 Å². The number of hydrogen-bond acceptors (Lipinski definition) is 4. The van der Waals surface area contributed by atoms with E-state index in [4.69, 9.17) is 4.74 Å². The minimum absolute atomic E-state index is 0.0195. The van der Waals surface area contributed by atoms with Gasteiger partial charge in [0.1, 0.15) is 6.10 Å². The number of carbonyl (C=O) groups excluding carboxylic acids is 2. The van der Waals surface area contributed by atoms with Crippen molar-refractivity contribution in [3.05, 3.63) is 93.2 Å². The fraction of sp³-hybridized carbons (Fsp3) is 0.217. The zero-order chi connectivity index (χ0) is 19.5. The predicted octanol–water partition coefficient (Wildman–Crippen LogP) is 4.86. The lowest BCUT2D eigenvalue weighted by atomic mass is 9.93. The molecule has 0 aliphatic carbocycles. The van der Waals surface area contributed by atoms with E-state index >= 15 is 0 Å². The van der Waals surface area contributed by atoms with Gasteiger partial charge in [0.05, 0.1) is 12.1 Å². The normalized spacial score (nSPS) is 15.6. The van der Waals surface area contributed by atoms with Crippen LogP contribution in [0.3, 0.4) is 0 Å². The van der Waals surface area contributed by atoms with Crippen LogP contribution in [0.25, 0.3) is 0 Å². The molecule has 1 aromatic heterocycles. The summed E-state index contributed by atoms with van der Waals surface area (Å²) in [5.41, 5.74) is 2.98. The van der Waals surface area contributed by atoms with Crippen molar-refractivity contribution in [3.8, 4) is 0 Å². The smallest absolute Gasteiger partial charge is 0.339 e. The van der Waals surface area contributed by atoms with Crippen LogP contribution in [0.15, 0.2) is 66.0 Å². The second-order valence-corrected chi connectivity index (χ2v) is 7.81. The fourth-order valence-corrected chi connectivity index (χ4v) is 4.20. The second kappa shape index (κ2) is 7.98. The van der Waals surface area contributed by atoms with Crippen molar-refractivity contribution >= 4 is 23.2 Å². The Kier molecular flexibility index (Phi) is 5.26. The molecule has 5 heteroatoms. The summed E-state index contributed by atoms with van der Waals surface area (Å²) in [6.45, 7) is 3.20. The number of cyclic esters (lactones) is 1. The maximum absolute atomic E-state index is 13.0. The highest BCUT2D eigenvalue weighted by Gasteiger charge is 2.28. The highest BCUT2D eigenvalue weighted by molar-refractivity contribution is 7.09. The molecule has 4 nitrogen and oxygen atoms in total. The van der Waals surface area contributed by atoms with E-state index < -0.39 is 0 Å². The maximum Gasteiger partial charge on any atom is 0.339 e. The molecule has 142 valence electrons. The topological polar surface area (TPSA) is 46.6 Å². The Labute approximate surface area is 168 Å². The number of rotatable bonds is 5. The molecule has 0 fully saturated rings. The third-order valence-electron chi connectivity index (χ3n) is 4.99. The van der Waals surface area contributed by atoms with Gasteiger partial charge in [-0.3, -0.25) is 4.79 Å². The molecular formula is C23H21NO3S. The van der Waals surface area contributed by atoms with Gasteiger partial charge in [0.2, 0.25) is 0 Å². The van der Waals surface area contributed by atoms with Crippen LogP contribution in [-0.2, 0) is 17.7 Å². The Bertz CT molecular complexity index is 982. The molecule has 0 saturated carbocycles. The third kappa shape index (κ3) is 3.71. The first-order valence-electron chi connectivity index (χ1n) is 9.36. The molecule has 0 bridgehead atoms. The summed E-state index contributed by atoms with van der Waals surface area (Å²) < 4.78 is 5.61. The predicted molar refractivity (Wildman–Crippen MR) is 109 cm³/mol. The van der Waals surface area contributed by atoms with Gasteiger partial charge < -0.3 is 9.64 Å². The summed E-state index contributed by atoms with van der Waals surface area (Å²) in [6.07, 6.45) is 0.253. The number of thiophene rings is 1. The molecule has 2 aromatic carbocycles. The first-order valence-corrected chi connectivity index (χ1v) is 10.2. The maximum atomic E-state index is 13.0. The first-order chi connectivity index (χ1) is 13.7. The van der Waals surface area contributed by atoms with E-state index in [1.807, 2.05) is 65.7 Å². The van der Waals surface area contributed by atoms with Crippen LogP contribution in [0.4, 0.5) is 0 Å². The second-order valence-electron chi connectivity index (χ2n) is 6.78. The quantitative estimate of drug-likeness (QED) is 0.583. The van der Waals surface area contributed by atoms with Gasteiger partial charge in [0.15, 0.2) is 0 Å². The van der Waals surface area contributed by atoms with Crippen LogP contribution >= 0.6 is 11.3 Å². The molecule has 1 aliphatic heterocycles. The molecule has 0 unspecified atom stereocenters. The van der Waals surface area contributed by atoms with Crippen LogP contribution in [0, 0.1) is 0 Å². The molecule has 0 N–H and O–H groups in total. The van der Waals surface area contributed by atoms with E-state index in [1.54, 1.807) is 23.5 Å². The van der Waals surface area contributed by atoms with E-state index in [1.165, 1.54) is 0 Å². The lowest BCUT2D eigenvalue weighted by Crippen LogP contribution is -2.30. The molecule has 3 aromatic rings. The van der Waals surface area contributed by atoms with E-state index in [9.17, 15) is 9.59 Å². The summed E-state index contributed by atoms with van der Waals surface area (Å²) in [7, 11) is 0. The molecule has 0 spiro atoms. The fourth-order valence-electron chi connectivity index (χ4n) is 3.48. The average Bonchev–Trinajstić information content (AvgIpc) is 3.25. The van der Waals surface area contributed by atoms with E-state index in [-0.39, 0.29) is 18.0 Å². The molecule has 1 aliphatic rings. The number of benzene rings is 2. The molecule has 28 heavy (non-hydrogen) atoms. The van der Waals surface area contributed by atoms with Crippen molar-refractivity contribution in [2.75, 3.05) is 6.54 Å². The SMILES string of the molecule is CCN(Cc1cccs1)C(=O)c1ccc2c(c1)C[C@H](c1ccccc1)OC2=O. The number of ether oxygens (including phenoxy) is 1. The third-order valence-corrected chi connectivity index (χ3v) is 5.85. The van der Waals surface area contributed by atoms with Crippen LogP contribution in [0.5, 0.6) is 0 Å². The van der Waals surface area contributed by atoms with Crippen molar-refractivity contribution in [2.24, 2.45) is 0 Å². The largest absolute Gasteiger partial charge is 0.454 e. The van der Waals surface area contributed by atoms with Crippen LogP contribution in [0.2, 0.25) is 0 Å². The summed E-state index contributed by atoms with van der Waals surface area (Å²) in [5, 5.41) is 2.02. The lowest BCUT2D eigenvalue weighted by molar-refractivity contribution is 0.0252. The average molecular weight is 391 g/mol. The van der Waals surface area contributed by atoms with Crippen molar-refractivity contribution in [1.29, 1.82) is 0 Å². The number of fused-ring (bicyclic) bond motifs is 1. The van der Waals surface area contributed by atoms with E-state index in [0.29, 0.717) is 30.6 Å². The summed E-state index contributed by atoms with van der Waals surface area (Å²) in [5.74, 6) is -0.353. The molecule has 2 heterocycles. The van der Waals surface area contributed by atoms with Crippen molar-refractivity contribution in [1.82, 2.24) is 4.90 Å². The van der Waals surface area contributed by atoms with Crippen LogP contribution < -0.4 is 0 Å². The van der Waals surface area contributed by atoms with Gasteiger partial charge in [0.25, 0.3) is 5.91 Å². The van der Waals surface area contributed by atoms with Crippen LogP contribution in [-0.4, -0.2) is 23.3 Å². The van der Waals surface area contributed by atoms with Crippen molar-refractivity contribution in [2.45, 2.75) is 26.0 Å². The van der Waals surface area contributed by atoms with Gasteiger partial charge in [-0.15, -0.1) is 11.3 Å². The molecule has 0 radical (unpaired) electrons. The Morgan fingerprint density at radius 1 is 1.14 bits per heavy atom. The first kappa shape index (κ1) is 18.4. The number of nitrogens with zero attached hydrogens (tertiary/aromatic N) is 1. The summed E-state index contributed by atoms with van der Waals surface area (Å²) in [6, 6.07) is 19.0. The molecule has 0 saturated heterocycles. The Morgan fingerprint density at radius 2 is 1.96 bits per heavy atom. The van der Waals surface area contributed by atoms with E-state index in [2.05, 4.69) is 0 Å². The number of hydrogen-bond donors (Lipinski definition) is 0. The number of esters is 1. The summed E-state index contributed by atoms with van der Waals surface area (Å²) in [4.78, 5) is 28.4. The Balaban J connectivity index is 1.59. The lowest BCUT2D eigenvalue weighted by Gasteiger charge is -2.26. The summed E-state index contributed by atoms with van der Waals surface area (Å²) >= 11 is 1.65. The highest BCUT2D eigenvalue weighted by Crippen LogP contribution is 2.31. The van der Waals surface area contributed by atoms with Gasteiger partial charge in [-0.25, -0.2) is 4.79 Å². The number of carbonyl (C=O) groups is 2. The minimum Gasteiger partial charge on any atom is -0.454 e. The van der Waals surface area contributed by atoms with Crippen molar-refractivity contribution in [3.63, 3.8) is 0 Å². The van der Waals surface area contributed by atoms with E-state index in [0.717, 1.165) is 16.0 Å². The zero-order valence-corrected chi connectivity index (χ0v) is 16.4. The molecule has 1 amide bonds. The Hall–Kier alpha value is -2.92. The standard InChI is InChI=1S/C23H21NO3S/c1-2-24(15-19-9-6-12-28-19)22(25)17-10-11-20-18(13-17)14-21(27-23(20)26)16-7-4-3-5-8-16/h3-13,21H,2,14-15H2,1H3/t21-/m1/s1. The van der Waals surface area contributed by atoms with Gasteiger partial charge in [-0.1, -0.05) is 36.4 Å². The van der Waals surface area contributed by atoms with Crippen molar-refractivity contribution < 1.29 is 14.3 Å². The monoisotopic (exact) mass is 391 g/mol. The minimum atomic E-state index is -0.333. The van der Waals surface area contributed by atoms with Gasteiger partial charge >= 0.3 is 5.97 Å². The van der Waals surface area contributed by atoms with Gasteiger partial charge in [-0.05, 0) is 47.7 Å². The highest BCUT2D eigenvalue weighted by atomic mass is 32.1. The Morgan fingerprint density at radius 3 is 2.68 bits per heavy atom.